The zero-order valence-electron chi connectivity index (χ0n) is 14.7. The Labute approximate surface area is 153 Å². The van der Waals surface area contributed by atoms with E-state index in [0.29, 0.717) is 10.2 Å². The number of hydrogen-bond acceptors (Lipinski definition) is 7. The van der Waals surface area contributed by atoms with Gasteiger partial charge in [-0.25, -0.2) is 9.78 Å². The minimum Gasteiger partial charge on any atom is -0.504 e. The second-order valence-corrected chi connectivity index (χ2v) is 7.02. The van der Waals surface area contributed by atoms with Crippen LogP contribution < -0.4 is 10.3 Å². The van der Waals surface area contributed by atoms with Gasteiger partial charge in [0.1, 0.15) is 10.4 Å². The average Bonchev–Trinajstić information content (AvgIpc) is 2.89. The number of aromatic nitrogens is 2. The fourth-order valence-corrected chi connectivity index (χ4v) is 3.63. The van der Waals surface area contributed by atoms with Crippen molar-refractivity contribution in [2.45, 2.75) is 26.9 Å². The first-order valence-electron chi connectivity index (χ1n) is 7.90. The normalized spacial score (nSPS) is 12.2. The number of aromatic hydroxyl groups is 1. The van der Waals surface area contributed by atoms with Crippen molar-refractivity contribution in [1.82, 2.24) is 9.97 Å². The summed E-state index contributed by atoms with van der Waals surface area (Å²) in [6.45, 7) is 5.40. The second kappa shape index (κ2) is 6.80. The highest BCUT2D eigenvalue weighted by atomic mass is 32.1. The average molecular weight is 374 g/mol. The number of carbonyl (C=O) groups is 1. The summed E-state index contributed by atoms with van der Waals surface area (Å²) in [5.41, 5.74) is 0.609. The van der Waals surface area contributed by atoms with E-state index in [-0.39, 0.29) is 28.4 Å². The van der Waals surface area contributed by atoms with E-state index in [2.05, 4.69) is 9.97 Å². The van der Waals surface area contributed by atoms with E-state index in [0.717, 1.165) is 10.4 Å². The van der Waals surface area contributed by atoms with E-state index in [4.69, 9.17) is 9.47 Å². The van der Waals surface area contributed by atoms with Crippen LogP contribution in [-0.4, -0.2) is 28.2 Å². The molecule has 0 aliphatic rings. The molecular weight excluding hydrogens is 356 g/mol. The van der Waals surface area contributed by atoms with Crippen molar-refractivity contribution in [3.63, 3.8) is 0 Å². The van der Waals surface area contributed by atoms with Crippen molar-refractivity contribution < 1.29 is 19.4 Å². The standard InChI is InChI=1S/C18H18N2O5S/c1-8-10(3)26-17-13(8)16(22)19-15(20-17)9(2)25-18(23)11-6-5-7-12(24-4)14(11)21/h5-7,9,21H,1-4H3,(H,19,20,22)/t9-/m0/s1. The van der Waals surface area contributed by atoms with E-state index < -0.39 is 12.1 Å². The number of carbonyl (C=O) groups excluding carboxylic acids is 1. The Hall–Kier alpha value is -2.87. The van der Waals surface area contributed by atoms with Gasteiger partial charge in [0.05, 0.1) is 12.5 Å². The molecule has 0 saturated heterocycles. The molecule has 8 heteroatoms. The number of methoxy groups -OCH3 is 1. The third kappa shape index (κ3) is 3.03. The zero-order chi connectivity index (χ0) is 19.0. The molecule has 2 aromatic heterocycles. The highest BCUT2D eigenvalue weighted by Gasteiger charge is 2.22. The van der Waals surface area contributed by atoms with Gasteiger partial charge in [0, 0.05) is 4.88 Å². The maximum Gasteiger partial charge on any atom is 0.342 e. The number of hydrogen-bond donors (Lipinski definition) is 2. The van der Waals surface area contributed by atoms with Crippen LogP contribution in [0.2, 0.25) is 0 Å². The number of phenolic OH excluding ortho intramolecular Hbond substituents is 1. The largest absolute Gasteiger partial charge is 0.504 e. The molecule has 3 aromatic rings. The van der Waals surface area contributed by atoms with Gasteiger partial charge in [-0.15, -0.1) is 11.3 Å². The monoisotopic (exact) mass is 374 g/mol. The molecule has 2 N–H and O–H groups in total. The van der Waals surface area contributed by atoms with Crippen LogP contribution in [0.1, 0.15) is 39.7 Å². The third-order valence-corrected chi connectivity index (χ3v) is 5.27. The van der Waals surface area contributed by atoms with Crippen LogP contribution in [0.15, 0.2) is 23.0 Å². The molecule has 0 aliphatic heterocycles. The molecular formula is C18H18N2O5S. The van der Waals surface area contributed by atoms with Crippen molar-refractivity contribution in [3.8, 4) is 11.5 Å². The lowest BCUT2D eigenvalue weighted by atomic mass is 10.2. The Kier molecular flexibility index (Phi) is 4.69. The van der Waals surface area contributed by atoms with Crippen molar-refractivity contribution in [2.24, 2.45) is 0 Å². The van der Waals surface area contributed by atoms with Crippen LogP contribution in [0.5, 0.6) is 11.5 Å². The number of aromatic amines is 1. The van der Waals surface area contributed by atoms with E-state index in [1.54, 1.807) is 13.0 Å². The Morgan fingerprint density at radius 1 is 1.35 bits per heavy atom. The van der Waals surface area contributed by atoms with Gasteiger partial charge in [-0.1, -0.05) is 6.07 Å². The van der Waals surface area contributed by atoms with Gasteiger partial charge in [0.15, 0.2) is 23.4 Å². The maximum absolute atomic E-state index is 12.4. The summed E-state index contributed by atoms with van der Waals surface area (Å²) < 4.78 is 10.3. The number of para-hydroxylation sites is 1. The number of ether oxygens (including phenoxy) is 2. The number of nitrogens with one attached hydrogen (secondary N) is 1. The number of aryl methyl sites for hydroxylation is 2. The molecule has 3 rings (SSSR count). The molecule has 26 heavy (non-hydrogen) atoms. The third-order valence-electron chi connectivity index (χ3n) is 4.17. The first kappa shape index (κ1) is 17.9. The van der Waals surface area contributed by atoms with Crippen LogP contribution in [0.4, 0.5) is 0 Å². The van der Waals surface area contributed by atoms with E-state index in [1.165, 1.54) is 30.6 Å². The fraction of sp³-hybridized carbons (Fsp3) is 0.278. The molecule has 0 radical (unpaired) electrons. The summed E-state index contributed by atoms with van der Waals surface area (Å²) in [5, 5.41) is 10.6. The summed E-state index contributed by atoms with van der Waals surface area (Å²) >= 11 is 1.42. The maximum atomic E-state index is 12.4. The van der Waals surface area contributed by atoms with Crippen molar-refractivity contribution in [2.75, 3.05) is 7.11 Å². The SMILES string of the molecule is COc1cccc(C(=O)O[C@@H](C)c2nc3sc(C)c(C)c3c(=O)[nH]2)c1O. The van der Waals surface area contributed by atoms with Crippen LogP contribution >= 0.6 is 11.3 Å². The van der Waals surface area contributed by atoms with E-state index >= 15 is 0 Å². The molecule has 0 spiro atoms. The molecule has 1 atom stereocenters. The van der Waals surface area contributed by atoms with Gasteiger partial charge in [-0.3, -0.25) is 4.79 Å². The molecule has 0 saturated carbocycles. The van der Waals surface area contributed by atoms with Gasteiger partial charge in [0.25, 0.3) is 5.56 Å². The summed E-state index contributed by atoms with van der Waals surface area (Å²) in [6.07, 6.45) is -0.798. The second-order valence-electron chi connectivity index (χ2n) is 5.82. The Morgan fingerprint density at radius 2 is 2.08 bits per heavy atom. The first-order valence-corrected chi connectivity index (χ1v) is 8.72. The van der Waals surface area contributed by atoms with Crippen LogP contribution in [0.3, 0.4) is 0 Å². The predicted molar refractivity (Wildman–Crippen MR) is 98.2 cm³/mol. The number of thiophene rings is 1. The van der Waals surface area contributed by atoms with Gasteiger partial charge in [-0.2, -0.15) is 0 Å². The zero-order valence-corrected chi connectivity index (χ0v) is 15.6. The number of rotatable bonds is 4. The van der Waals surface area contributed by atoms with Crippen LogP contribution in [0, 0.1) is 13.8 Å². The molecule has 1 aromatic carbocycles. The summed E-state index contributed by atoms with van der Waals surface area (Å²) in [4.78, 5) is 33.4. The number of fused-ring (bicyclic) bond motifs is 1. The number of nitrogens with zero attached hydrogens (tertiary/aromatic N) is 1. The minimum atomic E-state index is -0.798. The summed E-state index contributed by atoms with van der Waals surface area (Å²) in [6, 6.07) is 4.53. The van der Waals surface area contributed by atoms with Gasteiger partial charge >= 0.3 is 5.97 Å². The summed E-state index contributed by atoms with van der Waals surface area (Å²) in [5.74, 6) is -0.618. The van der Waals surface area contributed by atoms with Crippen LogP contribution in [-0.2, 0) is 4.74 Å². The van der Waals surface area contributed by atoms with Crippen molar-refractivity contribution in [1.29, 1.82) is 0 Å². The number of H-pyrrole nitrogens is 1. The summed E-state index contributed by atoms with van der Waals surface area (Å²) in [7, 11) is 1.39. The molecule has 136 valence electrons. The van der Waals surface area contributed by atoms with Gasteiger partial charge in [-0.05, 0) is 38.5 Å². The molecule has 0 unspecified atom stereocenters. The lowest BCUT2D eigenvalue weighted by molar-refractivity contribution is 0.0316. The van der Waals surface area contributed by atoms with E-state index in [9.17, 15) is 14.7 Å². The number of esters is 1. The van der Waals surface area contributed by atoms with Crippen LogP contribution in [0.25, 0.3) is 10.2 Å². The molecule has 0 bridgehead atoms. The highest BCUT2D eigenvalue weighted by Crippen LogP contribution is 2.31. The predicted octanol–water partition coefficient (Wildman–Crippen LogP) is 3.23. The molecule has 0 amide bonds. The Bertz CT molecular complexity index is 1050. The molecule has 0 aliphatic carbocycles. The Balaban J connectivity index is 1.91. The smallest absolute Gasteiger partial charge is 0.342 e. The topological polar surface area (TPSA) is 102 Å². The molecule has 7 nitrogen and oxygen atoms in total. The number of benzene rings is 1. The number of phenols is 1. The van der Waals surface area contributed by atoms with Gasteiger partial charge in [0.2, 0.25) is 0 Å². The van der Waals surface area contributed by atoms with E-state index in [1.807, 2.05) is 13.8 Å². The van der Waals surface area contributed by atoms with Gasteiger partial charge < -0.3 is 19.6 Å². The molecule has 2 heterocycles. The Morgan fingerprint density at radius 3 is 2.77 bits per heavy atom. The fourth-order valence-electron chi connectivity index (χ4n) is 2.60. The quantitative estimate of drug-likeness (QED) is 0.680. The van der Waals surface area contributed by atoms with Crippen molar-refractivity contribution >= 4 is 27.5 Å². The minimum absolute atomic E-state index is 0.0255. The highest BCUT2D eigenvalue weighted by molar-refractivity contribution is 7.18. The molecule has 0 fully saturated rings. The lowest BCUT2D eigenvalue weighted by Gasteiger charge is -2.14. The lowest BCUT2D eigenvalue weighted by Crippen LogP contribution is -2.17. The van der Waals surface area contributed by atoms with Crippen molar-refractivity contribution in [3.05, 3.63) is 50.4 Å². The first-order chi connectivity index (χ1) is 12.3.